The molecule has 0 fully saturated rings. The van der Waals surface area contributed by atoms with Crippen LogP contribution in [0.3, 0.4) is 0 Å². The summed E-state index contributed by atoms with van der Waals surface area (Å²) < 4.78 is 1.04. The lowest BCUT2D eigenvalue weighted by molar-refractivity contribution is 0.0776. The Labute approximate surface area is 107 Å². The first-order valence-electron chi connectivity index (χ1n) is 5.57. The van der Waals surface area contributed by atoms with Crippen LogP contribution in [0.5, 0.6) is 0 Å². The first-order chi connectivity index (χ1) is 7.31. The van der Waals surface area contributed by atoms with Crippen molar-refractivity contribution >= 4 is 24.0 Å². The zero-order valence-electron chi connectivity index (χ0n) is 10.0. The molecule has 0 saturated carbocycles. The van der Waals surface area contributed by atoms with E-state index in [1.807, 2.05) is 0 Å². The van der Waals surface area contributed by atoms with Crippen molar-refractivity contribution in [2.45, 2.75) is 51.1 Å². The average molecular weight is 303 g/mol. The normalized spacial score (nSPS) is 20.4. The van der Waals surface area contributed by atoms with Crippen LogP contribution in [0.4, 0.5) is 0 Å². The molecule has 0 aromatic heterocycles. The molecule has 90 valence electrons. The van der Waals surface area contributed by atoms with E-state index < -0.39 is 20.3 Å². The number of halogens is 1. The molecule has 1 rings (SSSR count). The van der Waals surface area contributed by atoms with E-state index in [4.69, 9.17) is 0 Å². The van der Waals surface area contributed by atoms with Gasteiger partial charge in [0.15, 0.2) is 0 Å². The molecule has 1 aliphatic rings. The zero-order chi connectivity index (χ0) is 12.3. The van der Waals surface area contributed by atoms with E-state index in [-0.39, 0.29) is 0 Å². The Bertz CT molecular complexity index is 346. The molecule has 2 nitrogen and oxygen atoms in total. The molecule has 0 saturated heterocycles. The van der Waals surface area contributed by atoms with Crippen LogP contribution in [0.25, 0.3) is 0 Å². The highest BCUT2D eigenvalue weighted by atomic mass is 79.9. The van der Waals surface area contributed by atoms with Crippen LogP contribution in [-0.2, 0) is 0 Å². The number of allylic oxidation sites excluding steroid dienone is 1. The minimum Gasteiger partial charge on any atom is -0.385 e. The van der Waals surface area contributed by atoms with Crippen LogP contribution < -0.4 is 0 Å². The van der Waals surface area contributed by atoms with Crippen molar-refractivity contribution < 1.29 is 10.2 Å². The second-order valence-electron chi connectivity index (χ2n) is 5.19. The quantitative estimate of drug-likeness (QED) is 0.607. The van der Waals surface area contributed by atoms with Crippen molar-refractivity contribution in [2.24, 2.45) is 0 Å². The summed E-state index contributed by atoms with van der Waals surface area (Å²) in [5, 5.41) is 19.8. The lowest BCUT2D eigenvalue weighted by Gasteiger charge is -2.15. The van der Waals surface area contributed by atoms with E-state index in [0.717, 1.165) is 29.3 Å². The van der Waals surface area contributed by atoms with Gasteiger partial charge >= 0.3 is 0 Å². The fourth-order valence-electron chi connectivity index (χ4n) is 1.60. The first-order valence-corrected chi connectivity index (χ1v) is 9.87. The second-order valence-corrected chi connectivity index (χ2v) is 10.9. The van der Waals surface area contributed by atoms with Gasteiger partial charge < -0.3 is 10.2 Å². The van der Waals surface area contributed by atoms with E-state index in [2.05, 4.69) is 47.0 Å². The molecule has 0 amide bonds. The Balaban J connectivity index is 2.70. The van der Waals surface area contributed by atoms with Gasteiger partial charge in [0, 0.05) is 0 Å². The second kappa shape index (κ2) is 5.50. The molecule has 0 radical (unpaired) electrons. The number of hydrogen-bond donors (Lipinski definition) is 2. The van der Waals surface area contributed by atoms with Gasteiger partial charge in [0.05, 0.1) is 0 Å². The van der Waals surface area contributed by atoms with E-state index in [1.165, 1.54) is 0 Å². The number of aliphatic hydroxyl groups excluding tert-OH is 2. The lowest BCUT2D eigenvalue weighted by atomic mass is 10.1. The molecule has 0 aliphatic heterocycles. The minimum atomic E-state index is -1.48. The van der Waals surface area contributed by atoms with Gasteiger partial charge in [-0.05, 0) is 29.3 Å². The van der Waals surface area contributed by atoms with Gasteiger partial charge in [-0.3, -0.25) is 0 Å². The smallest absolute Gasteiger partial charge is 0.143 e. The first kappa shape index (κ1) is 14.0. The summed E-state index contributed by atoms with van der Waals surface area (Å²) in [4.78, 5) is 0. The molecule has 0 aromatic carbocycles. The molecule has 2 N–H and O–H groups in total. The maximum atomic E-state index is 9.96. The van der Waals surface area contributed by atoms with Crippen LogP contribution in [0, 0.1) is 11.5 Å². The van der Waals surface area contributed by atoms with Gasteiger partial charge in [-0.25, -0.2) is 0 Å². The van der Waals surface area contributed by atoms with Crippen LogP contribution in [-0.4, -0.2) is 30.5 Å². The molecule has 0 bridgehead atoms. The van der Waals surface area contributed by atoms with E-state index in [0.29, 0.717) is 0 Å². The summed E-state index contributed by atoms with van der Waals surface area (Å²) in [5.41, 5.74) is 4.00. The average Bonchev–Trinajstić information content (AvgIpc) is 2.58. The molecule has 0 spiro atoms. The van der Waals surface area contributed by atoms with Gasteiger partial charge in [-0.15, -0.1) is 5.54 Å². The fourth-order valence-corrected chi connectivity index (χ4v) is 2.89. The predicted octanol–water partition coefficient (Wildman–Crippen LogP) is 2.42. The van der Waals surface area contributed by atoms with E-state index in [9.17, 15) is 10.2 Å². The summed E-state index contributed by atoms with van der Waals surface area (Å²) in [6.45, 7) is 6.34. The standard InChI is InChI=1S/C12H19BrO2Si/c1-16(2,3)8-7-11(14)12(15)9-5-4-6-10(9)13/h11-12,14-15H,4-6H2,1-3H3/t11-,12+/m0/s1. The summed E-state index contributed by atoms with van der Waals surface area (Å²) in [7, 11) is -1.48. The number of rotatable bonds is 2. The molecular weight excluding hydrogens is 284 g/mol. The Morgan fingerprint density at radius 1 is 1.25 bits per heavy atom. The molecule has 0 unspecified atom stereocenters. The van der Waals surface area contributed by atoms with Crippen LogP contribution in [0.2, 0.25) is 19.6 Å². The van der Waals surface area contributed by atoms with Gasteiger partial charge in [0.2, 0.25) is 0 Å². The van der Waals surface area contributed by atoms with Crippen LogP contribution >= 0.6 is 15.9 Å². The minimum absolute atomic E-state index is 0.833. The van der Waals surface area contributed by atoms with E-state index >= 15 is 0 Å². The van der Waals surface area contributed by atoms with Gasteiger partial charge in [0.25, 0.3) is 0 Å². The highest BCUT2D eigenvalue weighted by Crippen LogP contribution is 2.33. The maximum Gasteiger partial charge on any atom is 0.143 e. The van der Waals surface area contributed by atoms with Gasteiger partial charge in [-0.2, -0.15) is 0 Å². The largest absolute Gasteiger partial charge is 0.385 e. The Morgan fingerprint density at radius 2 is 1.88 bits per heavy atom. The molecular formula is C12H19BrO2Si. The SMILES string of the molecule is C[Si](C)(C)C#C[C@H](O)[C@H](O)C1=C(Br)CCC1. The highest BCUT2D eigenvalue weighted by molar-refractivity contribution is 9.11. The van der Waals surface area contributed by atoms with Gasteiger partial charge in [-0.1, -0.05) is 41.5 Å². The summed E-state index contributed by atoms with van der Waals surface area (Å²) in [6.07, 6.45) is 1.07. The topological polar surface area (TPSA) is 40.5 Å². The van der Waals surface area contributed by atoms with Crippen molar-refractivity contribution in [3.63, 3.8) is 0 Å². The van der Waals surface area contributed by atoms with Gasteiger partial charge in [0.1, 0.15) is 20.3 Å². The highest BCUT2D eigenvalue weighted by Gasteiger charge is 2.24. The third-order valence-corrected chi connectivity index (χ3v) is 4.24. The van der Waals surface area contributed by atoms with Crippen LogP contribution in [0.15, 0.2) is 10.1 Å². The molecule has 4 heteroatoms. The van der Waals surface area contributed by atoms with Crippen molar-refractivity contribution in [1.29, 1.82) is 0 Å². The number of aliphatic hydroxyl groups is 2. The monoisotopic (exact) mass is 302 g/mol. The third kappa shape index (κ3) is 4.06. The van der Waals surface area contributed by atoms with Crippen molar-refractivity contribution in [2.75, 3.05) is 0 Å². The Morgan fingerprint density at radius 3 is 2.31 bits per heavy atom. The lowest BCUT2D eigenvalue weighted by Crippen LogP contribution is -2.27. The fraction of sp³-hybridized carbons (Fsp3) is 0.667. The molecule has 0 aromatic rings. The number of hydrogen-bond acceptors (Lipinski definition) is 2. The molecule has 16 heavy (non-hydrogen) atoms. The zero-order valence-corrected chi connectivity index (χ0v) is 12.6. The third-order valence-electron chi connectivity index (χ3n) is 2.44. The Hall–Kier alpha value is -0.0831. The van der Waals surface area contributed by atoms with E-state index in [1.54, 1.807) is 0 Å². The molecule has 2 atom stereocenters. The predicted molar refractivity (Wildman–Crippen MR) is 72.9 cm³/mol. The summed E-state index contributed by atoms with van der Waals surface area (Å²) in [6, 6.07) is 0. The maximum absolute atomic E-state index is 9.96. The van der Waals surface area contributed by atoms with Crippen molar-refractivity contribution in [3.05, 3.63) is 10.1 Å². The van der Waals surface area contributed by atoms with Crippen molar-refractivity contribution in [3.8, 4) is 11.5 Å². The summed E-state index contributed by atoms with van der Waals surface area (Å²) >= 11 is 3.43. The Kier molecular flexibility index (Phi) is 4.81. The molecule has 0 heterocycles. The van der Waals surface area contributed by atoms with Crippen molar-refractivity contribution in [1.82, 2.24) is 0 Å². The molecule has 1 aliphatic carbocycles. The summed E-state index contributed by atoms with van der Waals surface area (Å²) in [5.74, 6) is 2.78. The van der Waals surface area contributed by atoms with Crippen LogP contribution in [0.1, 0.15) is 19.3 Å².